The van der Waals surface area contributed by atoms with Crippen molar-refractivity contribution >= 4 is 11.8 Å². The summed E-state index contributed by atoms with van der Waals surface area (Å²) in [7, 11) is 0. The molecule has 0 bridgehead atoms. The molecular weight excluding hydrogens is 280 g/mol. The van der Waals surface area contributed by atoms with Crippen molar-refractivity contribution in [2.45, 2.75) is 63.3 Å². The van der Waals surface area contributed by atoms with Crippen LogP contribution in [0, 0.1) is 0 Å². The molecule has 0 amide bonds. The van der Waals surface area contributed by atoms with Crippen LogP contribution in [0.3, 0.4) is 0 Å². The number of nitrogens with one attached hydrogen (secondary N) is 1. The minimum Gasteiger partial charge on any atom is -0.491 e. The molecule has 1 fully saturated rings. The first kappa shape index (κ1) is 16.7. The number of hydrogen-bond donors (Lipinski definition) is 2. The second-order valence-electron chi connectivity index (χ2n) is 6.02. The number of thioether (sulfide) groups is 1. The second-order valence-corrected chi connectivity index (χ2v) is 7.35. The average Bonchev–Trinajstić information content (AvgIpc) is 2.50. The molecule has 3 nitrogen and oxygen atoms in total. The first-order chi connectivity index (χ1) is 10.2. The third kappa shape index (κ3) is 5.20. The summed E-state index contributed by atoms with van der Waals surface area (Å²) in [6.45, 7) is 4.11. The second kappa shape index (κ2) is 8.66. The van der Waals surface area contributed by atoms with E-state index in [4.69, 9.17) is 10.6 Å². The average molecular weight is 308 g/mol. The summed E-state index contributed by atoms with van der Waals surface area (Å²) in [5.74, 6) is 7.75. The topological polar surface area (TPSA) is 47.3 Å². The van der Waals surface area contributed by atoms with Gasteiger partial charge in [0, 0.05) is 16.6 Å². The number of hydrazine groups is 1. The molecule has 1 aliphatic carbocycles. The standard InChI is InChI=1S/C17H28N2OS/c1-13(2)20-17-11-7-6-10-15(17)16(19-18)12-21-14-8-4-3-5-9-14/h6-7,10-11,13-14,16,19H,3-5,8-9,12,18H2,1-2H3. The van der Waals surface area contributed by atoms with Crippen molar-refractivity contribution in [1.29, 1.82) is 0 Å². The van der Waals surface area contributed by atoms with E-state index in [9.17, 15) is 0 Å². The quantitative estimate of drug-likeness (QED) is 0.589. The van der Waals surface area contributed by atoms with Crippen molar-refractivity contribution in [1.82, 2.24) is 5.43 Å². The lowest BCUT2D eigenvalue weighted by molar-refractivity contribution is 0.238. The van der Waals surface area contributed by atoms with Crippen LogP contribution >= 0.6 is 11.8 Å². The largest absolute Gasteiger partial charge is 0.491 e. The molecule has 0 radical (unpaired) electrons. The van der Waals surface area contributed by atoms with Gasteiger partial charge in [-0.3, -0.25) is 11.3 Å². The van der Waals surface area contributed by atoms with Gasteiger partial charge in [0.25, 0.3) is 0 Å². The fourth-order valence-corrected chi connectivity index (χ4v) is 4.23. The zero-order valence-corrected chi connectivity index (χ0v) is 14.0. The van der Waals surface area contributed by atoms with Gasteiger partial charge in [0.05, 0.1) is 12.1 Å². The maximum absolute atomic E-state index is 5.92. The molecule has 1 aromatic carbocycles. The summed E-state index contributed by atoms with van der Waals surface area (Å²) >= 11 is 2.05. The predicted octanol–water partition coefficient (Wildman–Crippen LogP) is 4.04. The Morgan fingerprint density at radius 3 is 2.62 bits per heavy atom. The van der Waals surface area contributed by atoms with E-state index in [1.165, 1.54) is 32.1 Å². The molecule has 118 valence electrons. The van der Waals surface area contributed by atoms with Gasteiger partial charge in [-0.1, -0.05) is 37.5 Å². The van der Waals surface area contributed by atoms with Gasteiger partial charge in [-0.25, -0.2) is 0 Å². The van der Waals surface area contributed by atoms with Crippen LogP contribution in [-0.4, -0.2) is 17.1 Å². The van der Waals surface area contributed by atoms with Crippen LogP contribution in [0.5, 0.6) is 5.75 Å². The highest BCUT2D eigenvalue weighted by Crippen LogP contribution is 2.33. The Balaban J connectivity index is 1.99. The smallest absolute Gasteiger partial charge is 0.124 e. The van der Waals surface area contributed by atoms with Crippen molar-refractivity contribution in [3.8, 4) is 5.75 Å². The van der Waals surface area contributed by atoms with Gasteiger partial charge >= 0.3 is 0 Å². The Bertz CT molecular complexity index is 419. The van der Waals surface area contributed by atoms with Crippen molar-refractivity contribution in [2.24, 2.45) is 5.84 Å². The van der Waals surface area contributed by atoms with Crippen molar-refractivity contribution in [3.63, 3.8) is 0 Å². The lowest BCUT2D eigenvalue weighted by Gasteiger charge is -2.25. The molecule has 4 heteroatoms. The van der Waals surface area contributed by atoms with Gasteiger partial charge in [0.15, 0.2) is 0 Å². The monoisotopic (exact) mass is 308 g/mol. The number of nitrogens with two attached hydrogens (primary N) is 1. The van der Waals surface area contributed by atoms with Gasteiger partial charge in [0.1, 0.15) is 5.75 Å². The molecule has 21 heavy (non-hydrogen) atoms. The van der Waals surface area contributed by atoms with Crippen LogP contribution in [-0.2, 0) is 0 Å². The molecule has 0 heterocycles. The minimum atomic E-state index is 0.145. The van der Waals surface area contributed by atoms with Crippen LogP contribution in [0.15, 0.2) is 24.3 Å². The van der Waals surface area contributed by atoms with E-state index >= 15 is 0 Å². The molecule has 2 rings (SSSR count). The van der Waals surface area contributed by atoms with Crippen LogP contribution in [0.4, 0.5) is 0 Å². The maximum atomic E-state index is 5.92. The number of ether oxygens (including phenoxy) is 1. The molecule has 1 aromatic rings. The summed E-state index contributed by atoms with van der Waals surface area (Å²) in [6.07, 6.45) is 7.05. The lowest BCUT2D eigenvalue weighted by Crippen LogP contribution is -2.31. The molecule has 0 aliphatic heterocycles. The lowest BCUT2D eigenvalue weighted by atomic mass is 10.0. The van der Waals surface area contributed by atoms with E-state index in [0.717, 1.165) is 22.3 Å². The molecule has 1 atom stereocenters. The zero-order valence-electron chi connectivity index (χ0n) is 13.2. The molecule has 0 spiro atoms. The SMILES string of the molecule is CC(C)Oc1ccccc1C(CSC1CCCCC1)NN. The Morgan fingerprint density at radius 1 is 1.24 bits per heavy atom. The number of para-hydroxylation sites is 1. The highest BCUT2D eigenvalue weighted by Gasteiger charge is 2.19. The first-order valence-corrected chi connectivity index (χ1v) is 9.09. The van der Waals surface area contributed by atoms with E-state index in [2.05, 4.69) is 43.2 Å². The Hall–Kier alpha value is -0.710. The van der Waals surface area contributed by atoms with Crippen LogP contribution in [0.1, 0.15) is 57.6 Å². The van der Waals surface area contributed by atoms with E-state index in [1.807, 2.05) is 12.1 Å². The molecule has 1 aliphatic rings. The Kier molecular flexibility index (Phi) is 6.87. The van der Waals surface area contributed by atoms with Gasteiger partial charge in [-0.2, -0.15) is 11.8 Å². The Morgan fingerprint density at radius 2 is 1.95 bits per heavy atom. The fourth-order valence-electron chi connectivity index (χ4n) is 2.82. The summed E-state index contributed by atoms with van der Waals surface area (Å²) in [5.41, 5.74) is 4.13. The summed E-state index contributed by atoms with van der Waals surface area (Å²) < 4.78 is 5.92. The number of hydrogen-bond acceptors (Lipinski definition) is 4. The molecule has 3 N–H and O–H groups in total. The highest BCUT2D eigenvalue weighted by molar-refractivity contribution is 7.99. The molecule has 1 saturated carbocycles. The molecule has 0 saturated heterocycles. The Labute approximate surface area is 133 Å². The van der Waals surface area contributed by atoms with Gasteiger partial charge in [-0.15, -0.1) is 0 Å². The van der Waals surface area contributed by atoms with Crippen molar-refractivity contribution in [2.75, 3.05) is 5.75 Å². The van der Waals surface area contributed by atoms with E-state index in [0.29, 0.717) is 0 Å². The first-order valence-electron chi connectivity index (χ1n) is 8.04. The van der Waals surface area contributed by atoms with Crippen molar-refractivity contribution < 1.29 is 4.74 Å². The summed E-state index contributed by atoms with van der Waals surface area (Å²) in [4.78, 5) is 0. The summed E-state index contributed by atoms with van der Waals surface area (Å²) in [5, 5.41) is 0.799. The number of rotatable bonds is 7. The number of benzene rings is 1. The summed E-state index contributed by atoms with van der Waals surface area (Å²) in [6, 6.07) is 8.36. The fraction of sp³-hybridized carbons (Fsp3) is 0.647. The van der Waals surface area contributed by atoms with E-state index < -0.39 is 0 Å². The van der Waals surface area contributed by atoms with Crippen LogP contribution in [0.25, 0.3) is 0 Å². The molecule has 1 unspecified atom stereocenters. The molecule has 0 aromatic heterocycles. The van der Waals surface area contributed by atoms with Gasteiger partial charge in [0.2, 0.25) is 0 Å². The predicted molar refractivity (Wildman–Crippen MR) is 91.6 cm³/mol. The minimum absolute atomic E-state index is 0.145. The van der Waals surface area contributed by atoms with Crippen molar-refractivity contribution in [3.05, 3.63) is 29.8 Å². The third-order valence-electron chi connectivity index (χ3n) is 3.91. The normalized spacial score (nSPS) is 17.9. The highest BCUT2D eigenvalue weighted by atomic mass is 32.2. The third-order valence-corrected chi connectivity index (χ3v) is 5.38. The maximum Gasteiger partial charge on any atom is 0.124 e. The van der Waals surface area contributed by atoms with E-state index in [-0.39, 0.29) is 12.1 Å². The van der Waals surface area contributed by atoms with Gasteiger partial charge in [-0.05, 0) is 32.8 Å². The van der Waals surface area contributed by atoms with Gasteiger partial charge < -0.3 is 4.74 Å². The van der Waals surface area contributed by atoms with Crippen LogP contribution in [0.2, 0.25) is 0 Å². The van der Waals surface area contributed by atoms with Crippen LogP contribution < -0.4 is 16.0 Å². The zero-order chi connectivity index (χ0) is 15.1. The molecular formula is C17H28N2OS. The van der Waals surface area contributed by atoms with E-state index in [1.54, 1.807) is 0 Å².